The van der Waals surface area contributed by atoms with Gasteiger partial charge in [-0.05, 0) is 44.1 Å². The molecule has 1 aliphatic rings. The minimum Gasteiger partial charge on any atom is -0.360 e. The molecule has 3 heterocycles. The SMILES string of the molecule is CCCNc1nnc(S[C@H](C)c2nc3sc4c(c3c(=O)[nH]2)CC[C@H](C)C4)s1. The van der Waals surface area contributed by atoms with Crippen molar-refractivity contribution in [2.24, 2.45) is 5.92 Å². The molecule has 0 aliphatic heterocycles. The summed E-state index contributed by atoms with van der Waals surface area (Å²) in [4.78, 5) is 22.8. The maximum absolute atomic E-state index is 12.8. The molecule has 0 spiro atoms. The lowest BCUT2D eigenvalue weighted by molar-refractivity contribution is 0.509. The third-order valence-corrected chi connectivity index (χ3v) is 8.00. The predicted molar refractivity (Wildman–Crippen MR) is 114 cm³/mol. The van der Waals surface area contributed by atoms with Crippen molar-refractivity contribution in [2.45, 2.75) is 56.0 Å². The summed E-state index contributed by atoms with van der Waals surface area (Å²) in [7, 11) is 0. The van der Waals surface area contributed by atoms with E-state index in [1.54, 1.807) is 23.1 Å². The predicted octanol–water partition coefficient (Wildman–Crippen LogP) is 4.64. The summed E-state index contributed by atoms with van der Waals surface area (Å²) in [5.74, 6) is 1.40. The molecule has 0 unspecified atom stereocenters. The van der Waals surface area contributed by atoms with E-state index in [4.69, 9.17) is 4.98 Å². The van der Waals surface area contributed by atoms with Crippen LogP contribution < -0.4 is 10.9 Å². The van der Waals surface area contributed by atoms with Gasteiger partial charge in [0.2, 0.25) is 5.13 Å². The highest BCUT2D eigenvalue weighted by molar-refractivity contribution is 8.01. The van der Waals surface area contributed by atoms with Crippen molar-refractivity contribution in [1.29, 1.82) is 0 Å². The molecule has 0 fully saturated rings. The molecule has 4 rings (SSSR count). The second-order valence-corrected chi connectivity index (χ2v) is 10.7. The number of aryl methyl sites for hydroxylation is 1. The Balaban J connectivity index is 1.58. The van der Waals surface area contributed by atoms with Crippen molar-refractivity contribution < 1.29 is 0 Å². The molecule has 0 saturated heterocycles. The summed E-state index contributed by atoms with van der Waals surface area (Å²) in [6.07, 6.45) is 4.25. The van der Waals surface area contributed by atoms with Crippen LogP contribution in [0.2, 0.25) is 0 Å². The summed E-state index contributed by atoms with van der Waals surface area (Å²) < 4.78 is 0.878. The van der Waals surface area contributed by atoms with Gasteiger partial charge in [-0.3, -0.25) is 4.79 Å². The molecule has 2 atom stereocenters. The Morgan fingerprint density at radius 2 is 2.22 bits per heavy atom. The summed E-state index contributed by atoms with van der Waals surface area (Å²) in [5, 5.41) is 13.3. The number of thiophene rings is 1. The highest BCUT2D eigenvalue weighted by Gasteiger charge is 2.24. The van der Waals surface area contributed by atoms with Crippen LogP contribution in [0.3, 0.4) is 0 Å². The zero-order valence-electron chi connectivity index (χ0n) is 15.7. The van der Waals surface area contributed by atoms with Crippen LogP contribution in [0.4, 0.5) is 5.13 Å². The van der Waals surface area contributed by atoms with Crippen LogP contribution in [-0.4, -0.2) is 26.7 Å². The van der Waals surface area contributed by atoms with Gasteiger partial charge in [0.25, 0.3) is 5.56 Å². The lowest BCUT2D eigenvalue weighted by Crippen LogP contribution is -2.15. The van der Waals surface area contributed by atoms with Crippen LogP contribution in [0.5, 0.6) is 0 Å². The Morgan fingerprint density at radius 3 is 3.04 bits per heavy atom. The zero-order chi connectivity index (χ0) is 19.0. The second kappa shape index (κ2) is 7.89. The van der Waals surface area contributed by atoms with Gasteiger partial charge in [-0.2, -0.15) is 0 Å². The van der Waals surface area contributed by atoms with Gasteiger partial charge in [0, 0.05) is 11.4 Å². The summed E-state index contributed by atoms with van der Waals surface area (Å²) in [5.41, 5.74) is 1.22. The Hall–Kier alpha value is -1.45. The Bertz CT molecular complexity index is 1010. The van der Waals surface area contributed by atoms with E-state index in [-0.39, 0.29) is 10.8 Å². The van der Waals surface area contributed by atoms with Crippen LogP contribution >= 0.6 is 34.4 Å². The number of hydrogen-bond acceptors (Lipinski definition) is 8. The van der Waals surface area contributed by atoms with Crippen molar-refractivity contribution in [1.82, 2.24) is 20.2 Å². The average molecular weight is 422 g/mol. The maximum atomic E-state index is 12.8. The van der Waals surface area contributed by atoms with Crippen molar-refractivity contribution in [3.8, 4) is 0 Å². The fourth-order valence-electron chi connectivity index (χ4n) is 3.33. The molecule has 1 aliphatic carbocycles. The standard InChI is InChI=1S/C18H23N5OS3/c1-4-7-19-17-22-23-18(27-17)25-10(3)14-20-15(24)13-11-6-5-9(2)8-12(11)26-16(13)21-14/h9-10H,4-8H2,1-3H3,(H,19,22)(H,20,21,24)/t9-,10+/m0/s1. The van der Waals surface area contributed by atoms with E-state index in [2.05, 4.69) is 34.3 Å². The normalized spacial score (nSPS) is 17.8. The molecule has 144 valence electrons. The van der Waals surface area contributed by atoms with Crippen LogP contribution in [0.1, 0.15) is 55.1 Å². The number of nitrogens with zero attached hydrogens (tertiary/aromatic N) is 3. The number of fused-ring (bicyclic) bond motifs is 3. The lowest BCUT2D eigenvalue weighted by atomic mass is 9.89. The molecule has 6 nitrogen and oxygen atoms in total. The fourth-order valence-corrected chi connectivity index (χ4v) is 6.70. The zero-order valence-corrected chi connectivity index (χ0v) is 18.1. The third-order valence-electron chi connectivity index (χ3n) is 4.78. The highest BCUT2D eigenvalue weighted by atomic mass is 32.2. The van der Waals surface area contributed by atoms with Crippen LogP contribution in [0, 0.1) is 5.92 Å². The first kappa shape index (κ1) is 18.9. The van der Waals surface area contributed by atoms with Crippen LogP contribution in [0.15, 0.2) is 9.13 Å². The van der Waals surface area contributed by atoms with E-state index in [1.165, 1.54) is 21.8 Å². The van der Waals surface area contributed by atoms with Gasteiger partial charge in [0.1, 0.15) is 10.7 Å². The molecule has 3 aromatic rings. The molecule has 0 amide bonds. The molecule has 9 heteroatoms. The topological polar surface area (TPSA) is 83.6 Å². The Morgan fingerprint density at radius 1 is 1.37 bits per heavy atom. The number of aromatic amines is 1. The molecule has 0 bridgehead atoms. The first-order valence-corrected chi connectivity index (χ1v) is 11.8. The van der Waals surface area contributed by atoms with Gasteiger partial charge in [-0.15, -0.1) is 21.5 Å². The Labute approximate surface area is 170 Å². The fraction of sp³-hybridized carbons (Fsp3) is 0.556. The third kappa shape index (κ3) is 3.90. The summed E-state index contributed by atoms with van der Waals surface area (Å²) >= 11 is 4.81. The van der Waals surface area contributed by atoms with Crippen molar-refractivity contribution in [3.63, 3.8) is 0 Å². The monoisotopic (exact) mass is 421 g/mol. The molecule has 0 saturated carbocycles. The number of aromatic nitrogens is 4. The van der Waals surface area contributed by atoms with Gasteiger partial charge < -0.3 is 10.3 Å². The van der Waals surface area contributed by atoms with E-state index in [1.807, 2.05) is 6.92 Å². The van der Waals surface area contributed by atoms with E-state index in [9.17, 15) is 4.79 Å². The minimum absolute atomic E-state index is 0.00271. The molecule has 2 N–H and O–H groups in total. The van der Waals surface area contributed by atoms with E-state index >= 15 is 0 Å². The highest BCUT2D eigenvalue weighted by Crippen LogP contribution is 2.38. The average Bonchev–Trinajstić information content (AvgIpc) is 3.23. The quantitative estimate of drug-likeness (QED) is 0.564. The number of rotatable bonds is 6. The first-order chi connectivity index (χ1) is 13.0. The largest absolute Gasteiger partial charge is 0.360 e. The number of H-pyrrole nitrogens is 1. The number of anilines is 1. The van der Waals surface area contributed by atoms with Crippen LogP contribution in [-0.2, 0) is 12.8 Å². The van der Waals surface area contributed by atoms with Crippen molar-refractivity contribution >= 4 is 49.8 Å². The van der Waals surface area contributed by atoms with Gasteiger partial charge >= 0.3 is 0 Å². The second-order valence-electron chi connectivity index (χ2n) is 7.04. The molecule has 27 heavy (non-hydrogen) atoms. The lowest BCUT2D eigenvalue weighted by Gasteiger charge is -2.17. The van der Waals surface area contributed by atoms with E-state index in [0.29, 0.717) is 11.7 Å². The summed E-state index contributed by atoms with van der Waals surface area (Å²) in [6, 6.07) is 0. The van der Waals surface area contributed by atoms with Gasteiger partial charge in [0.15, 0.2) is 4.34 Å². The molecular weight excluding hydrogens is 398 g/mol. The number of hydrogen-bond donors (Lipinski definition) is 2. The first-order valence-electron chi connectivity index (χ1n) is 9.33. The van der Waals surface area contributed by atoms with Gasteiger partial charge in [-0.25, -0.2) is 4.98 Å². The van der Waals surface area contributed by atoms with E-state index < -0.39 is 0 Å². The van der Waals surface area contributed by atoms with Crippen molar-refractivity contribution in [3.05, 3.63) is 26.6 Å². The number of nitrogens with one attached hydrogen (secondary N) is 2. The maximum Gasteiger partial charge on any atom is 0.259 e. The van der Waals surface area contributed by atoms with Gasteiger partial charge in [0.05, 0.1) is 10.6 Å². The molecule has 0 aromatic carbocycles. The molecular formula is C18H23N5OS3. The smallest absolute Gasteiger partial charge is 0.259 e. The van der Waals surface area contributed by atoms with Crippen LogP contribution in [0.25, 0.3) is 10.2 Å². The molecule has 0 radical (unpaired) electrons. The number of thioether (sulfide) groups is 1. The van der Waals surface area contributed by atoms with Crippen molar-refractivity contribution in [2.75, 3.05) is 11.9 Å². The molecule has 3 aromatic heterocycles. The van der Waals surface area contributed by atoms with Gasteiger partial charge in [-0.1, -0.05) is 36.9 Å². The minimum atomic E-state index is -0.00271. The summed E-state index contributed by atoms with van der Waals surface area (Å²) in [6.45, 7) is 7.33. The van der Waals surface area contributed by atoms with E-state index in [0.717, 1.165) is 51.9 Å². The Kier molecular flexibility index (Phi) is 5.52.